The maximum Gasteiger partial charge on any atom is 0.341 e. The number of esters is 1. The van der Waals surface area contributed by atoms with Crippen molar-refractivity contribution in [3.8, 4) is 5.75 Å². The summed E-state index contributed by atoms with van der Waals surface area (Å²) in [5.41, 5.74) is 0.493. The molecule has 0 bridgehead atoms. The molecule has 4 nitrogen and oxygen atoms in total. The molecule has 0 aromatic heterocycles. The number of methoxy groups -OCH3 is 1. The van der Waals surface area contributed by atoms with Gasteiger partial charge in [-0.1, -0.05) is 18.6 Å². The lowest BCUT2D eigenvalue weighted by atomic mass is 10.1. The molecular weight excluding hydrogens is 254 g/mol. The van der Waals surface area contributed by atoms with Gasteiger partial charge in [0.25, 0.3) is 0 Å². The van der Waals surface area contributed by atoms with E-state index in [1.165, 1.54) is 39.5 Å². The van der Waals surface area contributed by atoms with E-state index in [2.05, 4.69) is 4.90 Å². The summed E-state index contributed by atoms with van der Waals surface area (Å²) < 4.78 is 10.5. The van der Waals surface area contributed by atoms with Gasteiger partial charge in [0.2, 0.25) is 0 Å². The second-order valence-electron chi connectivity index (χ2n) is 5.09. The van der Waals surface area contributed by atoms with Crippen LogP contribution in [0.5, 0.6) is 5.75 Å². The van der Waals surface area contributed by atoms with E-state index in [0.29, 0.717) is 17.9 Å². The number of likely N-dealkylation sites (tertiary alicyclic amines) is 1. The van der Waals surface area contributed by atoms with Crippen LogP contribution in [0.2, 0.25) is 0 Å². The molecule has 2 rings (SSSR count). The van der Waals surface area contributed by atoms with Gasteiger partial charge in [-0.3, -0.25) is 0 Å². The Morgan fingerprint density at radius 3 is 2.70 bits per heavy atom. The molecule has 1 saturated heterocycles. The molecule has 1 aromatic rings. The van der Waals surface area contributed by atoms with Crippen molar-refractivity contribution in [3.63, 3.8) is 0 Å². The molecule has 0 unspecified atom stereocenters. The van der Waals surface area contributed by atoms with Gasteiger partial charge in [0.1, 0.15) is 11.3 Å². The Bertz CT molecular complexity index is 427. The monoisotopic (exact) mass is 277 g/mol. The summed E-state index contributed by atoms with van der Waals surface area (Å²) in [6.07, 6.45) is 4.97. The van der Waals surface area contributed by atoms with E-state index in [9.17, 15) is 4.79 Å². The Labute approximate surface area is 120 Å². The lowest BCUT2D eigenvalue weighted by molar-refractivity contribution is 0.0595. The summed E-state index contributed by atoms with van der Waals surface area (Å²) in [5.74, 6) is 0.259. The molecule has 0 aliphatic carbocycles. The number of benzene rings is 1. The maximum atomic E-state index is 11.6. The van der Waals surface area contributed by atoms with Crippen molar-refractivity contribution in [1.29, 1.82) is 0 Å². The van der Waals surface area contributed by atoms with Gasteiger partial charge in [0.05, 0.1) is 13.7 Å². The fourth-order valence-corrected chi connectivity index (χ4v) is 2.52. The molecule has 0 N–H and O–H groups in total. The Kier molecular flexibility index (Phi) is 5.87. The van der Waals surface area contributed by atoms with Crippen LogP contribution >= 0.6 is 0 Å². The third kappa shape index (κ3) is 4.23. The topological polar surface area (TPSA) is 38.8 Å². The van der Waals surface area contributed by atoms with Crippen molar-refractivity contribution in [2.75, 3.05) is 33.4 Å². The van der Waals surface area contributed by atoms with Crippen molar-refractivity contribution in [2.24, 2.45) is 0 Å². The average molecular weight is 277 g/mol. The van der Waals surface area contributed by atoms with Crippen LogP contribution in [0, 0.1) is 0 Å². The van der Waals surface area contributed by atoms with Crippen LogP contribution in [0.3, 0.4) is 0 Å². The second-order valence-corrected chi connectivity index (χ2v) is 5.09. The molecular formula is C16H23NO3. The van der Waals surface area contributed by atoms with Crippen LogP contribution in [-0.4, -0.2) is 44.2 Å². The third-order valence-electron chi connectivity index (χ3n) is 3.62. The number of carbonyl (C=O) groups excluding carboxylic acids is 1. The number of hydrogen-bond acceptors (Lipinski definition) is 4. The summed E-state index contributed by atoms with van der Waals surface area (Å²) in [6, 6.07) is 7.22. The number of ether oxygens (including phenoxy) is 2. The summed E-state index contributed by atoms with van der Waals surface area (Å²) in [6.45, 7) is 4.11. The Morgan fingerprint density at radius 1 is 1.20 bits per heavy atom. The molecule has 1 aliphatic rings. The van der Waals surface area contributed by atoms with Gasteiger partial charge in [0.15, 0.2) is 0 Å². The standard InChI is InChI=1S/C16H23NO3/c1-19-16(18)14-8-3-4-9-15(14)20-13-7-12-17-10-5-2-6-11-17/h3-4,8-9H,2,5-7,10-13H2,1H3. The maximum absolute atomic E-state index is 11.6. The second kappa shape index (κ2) is 7.90. The van der Waals surface area contributed by atoms with E-state index in [1.807, 2.05) is 18.2 Å². The molecule has 1 heterocycles. The highest BCUT2D eigenvalue weighted by Gasteiger charge is 2.12. The number of carbonyl (C=O) groups is 1. The number of rotatable bonds is 6. The third-order valence-corrected chi connectivity index (χ3v) is 3.62. The Balaban J connectivity index is 1.77. The van der Waals surface area contributed by atoms with Gasteiger partial charge in [-0.2, -0.15) is 0 Å². The lowest BCUT2D eigenvalue weighted by Gasteiger charge is -2.26. The normalized spacial score (nSPS) is 15.8. The van der Waals surface area contributed by atoms with Crippen LogP contribution in [0.1, 0.15) is 36.0 Å². The molecule has 0 atom stereocenters. The summed E-state index contributed by atoms with van der Waals surface area (Å²) in [4.78, 5) is 14.1. The van der Waals surface area contributed by atoms with E-state index in [0.717, 1.165) is 13.0 Å². The van der Waals surface area contributed by atoms with Crippen LogP contribution < -0.4 is 4.74 Å². The van der Waals surface area contributed by atoms with Crippen LogP contribution in [0.25, 0.3) is 0 Å². The molecule has 0 saturated carbocycles. The zero-order valence-electron chi connectivity index (χ0n) is 12.1. The van der Waals surface area contributed by atoms with Gasteiger partial charge in [0, 0.05) is 6.54 Å². The van der Waals surface area contributed by atoms with Crippen molar-refractivity contribution in [3.05, 3.63) is 29.8 Å². The molecule has 20 heavy (non-hydrogen) atoms. The number of nitrogens with zero attached hydrogens (tertiary/aromatic N) is 1. The lowest BCUT2D eigenvalue weighted by Crippen LogP contribution is -2.31. The van der Waals surface area contributed by atoms with Crippen LogP contribution in [0.15, 0.2) is 24.3 Å². The van der Waals surface area contributed by atoms with Crippen molar-refractivity contribution in [1.82, 2.24) is 4.90 Å². The Hall–Kier alpha value is -1.55. The first-order valence-corrected chi connectivity index (χ1v) is 7.34. The molecule has 4 heteroatoms. The van der Waals surface area contributed by atoms with Crippen LogP contribution in [0.4, 0.5) is 0 Å². The number of para-hydroxylation sites is 1. The van der Waals surface area contributed by atoms with E-state index < -0.39 is 0 Å². The highest BCUT2D eigenvalue weighted by Crippen LogP contribution is 2.19. The van der Waals surface area contributed by atoms with E-state index in [1.54, 1.807) is 6.07 Å². The first-order valence-electron chi connectivity index (χ1n) is 7.34. The minimum atomic E-state index is -0.350. The van der Waals surface area contributed by atoms with E-state index in [-0.39, 0.29) is 5.97 Å². The SMILES string of the molecule is COC(=O)c1ccccc1OCCCN1CCCCC1. The van der Waals surface area contributed by atoms with Crippen LogP contribution in [-0.2, 0) is 4.74 Å². The molecule has 0 amide bonds. The molecule has 110 valence electrons. The van der Waals surface area contributed by atoms with Gasteiger partial charge in [-0.25, -0.2) is 4.79 Å². The number of hydrogen-bond donors (Lipinski definition) is 0. The molecule has 0 spiro atoms. The highest BCUT2D eigenvalue weighted by molar-refractivity contribution is 5.92. The molecule has 1 aliphatic heterocycles. The van der Waals surface area contributed by atoms with Gasteiger partial charge >= 0.3 is 5.97 Å². The fraction of sp³-hybridized carbons (Fsp3) is 0.562. The summed E-state index contributed by atoms with van der Waals surface area (Å²) >= 11 is 0. The first-order chi connectivity index (χ1) is 9.81. The molecule has 1 aromatic carbocycles. The van der Waals surface area contributed by atoms with Gasteiger partial charge in [-0.15, -0.1) is 0 Å². The zero-order chi connectivity index (χ0) is 14.2. The van der Waals surface area contributed by atoms with E-state index in [4.69, 9.17) is 9.47 Å². The minimum Gasteiger partial charge on any atom is -0.493 e. The molecule has 1 fully saturated rings. The van der Waals surface area contributed by atoms with E-state index >= 15 is 0 Å². The Morgan fingerprint density at radius 2 is 1.95 bits per heavy atom. The predicted molar refractivity (Wildman–Crippen MR) is 78.2 cm³/mol. The predicted octanol–water partition coefficient (Wildman–Crippen LogP) is 2.73. The van der Waals surface area contributed by atoms with Crippen molar-refractivity contribution < 1.29 is 14.3 Å². The summed E-state index contributed by atoms with van der Waals surface area (Å²) in [5, 5.41) is 0. The smallest absolute Gasteiger partial charge is 0.341 e. The van der Waals surface area contributed by atoms with Crippen molar-refractivity contribution in [2.45, 2.75) is 25.7 Å². The average Bonchev–Trinajstić information content (AvgIpc) is 2.52. The summed E-state index contributed by atoms with van der Waals surface area (Å²) in [7, 11) is 1.38. The quantitative estimate of drug-likeness (QED) is 0.592. The zero-order valence-corrected chi connectivity index (χ0v) is 12.1. The fourth-order valence-electron chi connectivity index (χ4n) is 2.52. The highest BCUT2D eigenvalue weighted by atomic mass is 16.5. The van der Waals surface area contributed by atoms with Crippen molar-refractivity contribution >= 4 is 5.97 Å². The molecule has 0 radical (unpaired) electrons. The largest absolute Gasteiger partial charge is 0.493 e. The first kappa shape index (κ1) is 14.9. The van der Waals surface area contributed by atoms with Gasteiger partial charge < -0.3 is 14.4 Å². The minimum absolute atomic E-state index is 0.350. The number of piperidine rings is 1. The van der Waals surface area contributed by atoms with Gasteiger partial charge in [-0.05, 0) is 44.5 Å².